The zero-order valence-electron chi connectivity index (χ0n) is 9.86. The quantitative estimate of drug-likeness (QED) is 0.808. The van der Waals surface area contributed by atoms with Crippen LogP contribution in [0.5, 0.6) is 5.75 Å². The Labute approximate surface area is 97.2 Å². The van der Waals surface area contributed by atoms with E-state index in [1.807, 2.05) is 12.1 Å². The summed E-state index contributed by atoms with van der Waals surface area (Å²) in [5, 5.41) is 0. The first-order valence-corrected chi connectivity index (χ1v) is 5.88. The molecule has 2 N–H and O–H groups in total. The SMILES string of the molecule is CN1CC(COc2cccc(CCN)c2)C1. The summed E-state index contributed by atoms with van der Waals surface area (Å²) < 4.78 is 5.78. The molecule has 0 unspecified atom stereocenters. The van der Waals surface area contributed by atoms with E-state index in [9.17, 15) is 0 Å². The van der Waals surface area contributed by atoms with E-state index in [1.165, 1.54) is 5.56 Å². The molecule has 3 nitrogen and oxygen atoms in total. The fourth-order valence-electron chi connectivity index (χ4n) is 2.11. The Bertz CT molecular complexity index is 334. The summed E-state index contributed by atoms with van der Waals surface area (Å²) in [6.45, 7) is 3.83. The molecule has 0 atom stereocenters. The molecule has 0 saturated carbocycles. The molecule has 0 radical (unpaired) electrons. The standard InChI is InChI=1S/C13H20N2O/c1-15-8-12(9-15)10-16-13-4-2-3-11(7-13)5-6-14/h2-4,7,12H,5-6,8-10,14H2,1H3. The second-order valence-electron chi connectivity index (χ2n) is 4.58. The topological polar surface area (TPSA) is 38.5 Å². The maximum absolute atomic E-state index is 5.78. The highest BCUT2D eigenvalue weighted by Crippen LogP contribution is 2.17. The van der Waals surface area contributed by atoms with Gasteiger partial charge in [-0.3, -0.25) is 0 Å². The van der Waals surface area contributed by atoms with Crippen molar-refractivity contribution in [1.29, 1.82) is 0 Å². The minimum Gasteiger partial charge on any atom is -0.493 e. The van der Waals surface area contributed by atoms with Gasteiger partial charge in [0.1, 0.15) is 5.75 Å². The monoisotopic (exact) mass is 220 g/mol. The third kappa shape index (κ3) is 2.97. The van der Waals surface area contributed by atoms with Crippen LogP contribution < -0.4 is 10.5 Å². The first-order chi connectivity index (χ1) is 7.78. The second kappa shape index (κ2) is 5.32. The minimum atomic E-state index is 0.691. The van der Waals surface area contributed by atoms with Crippen molar-refractivity contribution < 1.29 is 4.74 Å². The molecular formula is C13H20N2O. The molecule has 1 aliphatic rings. The lowest BCUT2D eigenvalue weighted by Gasteiger charge is -2.35. The van der Waals surface area contributed by atoms with Gasteiger partial charge in [-0.2, -0.15) is 0 Å². The molecule has 1 heterocycles. The van der Waals surface area contributed by atoms with Crippen molar-refractivity contribution in [1.82, 2.24) is 4.90 Å². The number of nitrogens with two attached hydrogens (primary N) is 1. The molecule has 1 aliphatic heterocycles. The normalized spacial score (nSPS) is 17.1. The maximum Gasteiger partial charge on any atom is 0.119 e. The maximum atomic E-state index is 5.78. The van der Waals surface area contributed by atoms with E-state index < -0.39 is 0 Å². The summed E-state index contributed by atoms with van der Waals surface area (Å²) in [6, 6.07) is 8.24. The molecular weight excluding hydrogens is 200 g/mol. The summed E-state index contributed by atoms with van der Waals surface area (Å²) in [5.74, 6) is 1.67. The summed E-state index contributed by atoms with van der Waals surface area (Å²) >= 11 is 0. The predicted molar refractivity (Wildman–Crippen MR) is 65.7 cm³/mol. The van der Waals surface area contributed by atoms with Crippen LogP contribution in [-0.2, 0) is 6.42 Å². The van der Waals surface area contributed by atoms with Gasteiger partial charge in [-0.25, -0.2) is 0 Å². The Hall–Kier alpha value is -1.06. The number of hydrogen-bond donors (Lipinski definition) is 1. The lowest BCUT2D eigenvalue weighted by atomic mass is 10.0. The van der Waals surface area contributed by atoms with Crippen molar-refractivity contribution in [3.8, 4) is 5.75 Å². The van der Waals surface area contributed by atoms with Crippen LogP contribution in [0.25, 0.3) is 0 Å². The van der Waals surface area contributed by atoms with Crippen LogP contribution in [0.1, 0.15) is 5.56 Å². The van der Waals surface area contributed by atoms with Crippen molar-refractivity contribution in [2.24, 2.45) is 11.7 Å². The average Bonchev–Trinajstić information content (AvgIpc) is 2.24. The number of hydrogen-bond acceptors (Lipinski definition) is 3. The van der Waals surface area contributed by atoms with E-state index in [0.717, 1.165) is 31.9 Å². The third-order valence-corrected chi connectivity index (χ3v) is 2.96. The number of ether oxygens (including phenoxy) is 1. The average molecular weight is 220 g/mol. The third-order valence-electron chi connectivity index (χ3n) is 2.96. The second-order valence-corrected chi connectivity index (χ2v) is 4.58. The highest BCUT2D eigenvalue weighted by molar-refractivity contribution is 5.28. The van der Waals surface area contributed by atoms with Crippen molar-refractivity contribution in [3.63, 3.8) is 0 Å². The van der Waals surface area contributed by atoms with E-state index in [2.05, 4.69) is 24.1 Å². The zero-order chi connectivity index (χ0) is 11.4. The fourth-order valence-corrected chi connectivity index (χ4v) is 2.11. The molecule has 88 valence electrons. The molecule has 0 aromatic heterocycles. The molecule has 1 saturated heterocycles. The molecule has 1 aromatic rings. The summed E-state index contributed by atoms with van der Waals surface area (Å²) in [6.07, 6.45) is 0.920. The molecule has 2 rings (SSSR count). The van der Waals surface area contributed by atoms with Crippen LogP contribution in [0, 0.1) is 5.92 Å². The van der Waals surface area contributed by atoms with Gasteiger partial charge < -0.3 is 15.4 Å². The Kier molecular flexibility index (Phi) is 3.80. The van der Waals surface area contributed by atoms with Crippen LogP contribution >= 0.6 is 0 Å². The molecule has 0 spiro atoms. The Balaban J connectivity index is 1.81. The van der Waals surface area contributed by atoms with Gasteiger partial charge in [0, 0.05) is 19.0 Å². The number of likely N-dealkylation sites (tertiary alicyclic amines) is 1. The molecule has 16 heavy (non-hydrogen) atoms. The molecule has 1 fully saturated rings. The lowest BCUT2D eigenvalue weighted by molar-refractivity contribution is 0.0857. The molecule has 0 bridgehead atoms. The van der Waals surface area contributed by atoms with Crippen LogP contribution in [0.3, 0.4) is 0 Å². The van der Waals surface area contributed by atoms with Crippen molar-refractivity contribution in [2.75, 3.05) is 33.3 Å². The van der Waals surface area contributed by atoms with E-state index in [1.54, 1.807) is 0 Å². The van der Waals surface area contributed by atoms with Gasteiger partial charge in [0.15, 0.2) is 0 Å². The number of benzene rings is 1. The van der Waals surface area contributed by atoms with E-state index in [0.29, 0.717) is 12.5 Å². The number of nitrogens with zero attached hydrogens (tertiary/aromatic N) is 1. The minimum absolute atomic E-state index is 0.691. The zero-order valence-corrected chi connectivity index (χ0v) is 9.86. The first-order valence-electron chi connectivity index (χ1n) is 5.88. The summed E-state index contributed by atoms with van der Waals surface area (Å²) in [7, 11) is 2.14. The van der Waals surface area contributed by atoms with Crippen LogP contribution in [0.15, 0.2) is 24.3 Å². The fraction of sp³-hybridized carbons (Fsp3) is 0.538. The van der Waals surface area contributed by atoms with Gasteiger partial charge in [0.05, 0.1) is 6.61 Å². The molecule has 0 aliphatic carbocycles. The van der Waals surface area contributed by atoms with E-state index >= 15 is 0 Å². The Morgan fingerprint density at radius 1 is 1.44 bits per heavy atom. The highest BCUT2D eigenvalue weighted by atomic mass is 16.5. The van der Waals surface area contributed by atoms with Crippen molar-refractivity contribution in [3.05, 3.63) is 29.8 Å². The van der Waals surface area contributed by atoms with Gasteiger partial charge in [0.2, 0.25) is 0 Å². The number of rotatable bonds is 5. The van der Waals surface area contributed by atoms with Gasteiger partial charge in [0.25, 0.3) is 0 Å². The van der Waals surface area contributed by atoms with E-state index in [-0.39, 0.29) is 0 Å². The first kappa shape index (κ1) is 11.4. The van der Waals surface area contributed by atoms with Crippen molar-refractivity contribution in [2.45, 2.75) is 6.42 Å². The lowest BCUT2D eigenvalue weighted by Crippen LogP contribution is -2.46. The van der Waals surface area contributed by atoms with Gasteiger partial charge in [-0.1, -0.05) is 12.1 Å². The predicted octanol–water partition coefficient (Wildman–Crippen LogP) is 1.13. The highest BCUT2D eigenvalue weighted by Gasteiger charge is 2.23. The van der Waals surface area contributed by atoms with Crippen molar-refractivity contribution >= 4 is 0 Å². The molecule has 1 aromatic carbocycles. The van der Waals surface area contributed by atoms with E-state index in [4.69, 9.17) is 10.5 Å². The van der Waals surface area contributed by atoms with Gasteiger partial charge in [-0.05, 0) is 37.7 Å². The van der Waals surface area contributed by atoms with Crippen LogP contribution in [0.2, 0.25) is 0 Å². The van der Waals surface area contributed by atoms with Gasteiger partial charge in [-0.15, -0.1) is 0 Å². The Morgan fingerprint density at radius 2 is 2.25 bits per heavy atom. The summed E-state index contributed by atoms with van der Waals surface area (Å²) in [5.41, 5.74) is 6.79. The van der Waals surface area contributed by atoms with Gasteiger partial charge >= 0.3 is 0 Å². The van der Waals surface area contributed by atoms with Crippen LogP contribution in [0.4, 0.5) is 0 Å². The summed E-state index contributed by atoms with van der Waals surface area (Å²) in [4.78, 5) is 2.30. The Morgan fingerprint density at radius 3 is 2.94 bits per heavy atom. The largest absolute Gasteiger partial charge is 0.493 e. The van der Waals surface area contributed by atoms with Crippen LogP contribution in [-0.4, -0.2) is 38.2 Å². The smallest absolute Gasteiger partial charge is 0.119 e. The molecule has 3 heteroatoms. The molecule has 0 amide bonds.